The maximum absolute atomic E-state index is 11.2. The van der Waals surface area contributed by atoms with Gasteiger partial charge in [0.2, 0.25) is 5.91 Å². The van der Waals surface area contributed by atoms with Gasteiger partial charge in [-0.15, -0.1) is 0 Å². The number of hydrogen-bond donors (Lipinski definition) is 2. The molecule has 0 unspecified atom stereocenters. The van der Waals surface area contributed by atoms with E-state index in [0.717, 1.165) is 5.69 Å². The molecule has 1 aromatic heterocycles. The quantitative estimate of drug-likeness (QED) is 0.637. The van der Waals surface area contributed by atoms with Gasteiger partial charge in [-0.1, -0.05) is 0 Å². The molecule has 0 aliphatic rings. The third kappa shape index (κ3) is 4.11. The molecule has 6 nitrogen and oxygen atoms in total. The van der Waals surface area contributed by atoms with Crippen molar-refractivity contribution in [2.24, 2.45) is 7.05 Å². The minimum atomic E-state index is -0.0996. The molecule has 0 aliphatic carbocycles. The summed E-state index contributed by atoms with van der Waals surface area (Å²) in [6.45, 7) is 1.25. The Balaban J connectivity index is 2.14. The first kappa shape index (κ1) is 12.2. The van der Waals surface area contributed by atoms with Crippen LogP contribution in [0.5, 0.6) is 0 Å². The number of nitrogens with one attached hydrogen (secondary N) is 2. The maximum Gasteiger partial charge on any atom is 0.234 e. The highest BCUT2D eigenvalue weighted by atomic mass is 16.1. The second-order valence-corrected chi connectivity index (χ2v) is 3.31. The zero-order valence-corrected chi connectivity index (χ0v) is 9.23. The van der Waals surface area contributed by atoms with Gasteiger partial charge in [0, 0.05) is 26.3 Å². The molecule has 0 aliphatic heterocycles. The Kier molecular flexibility index (Phi) is 5.02. The Bertz CT molecular complexity index is 379. The number of amides is 1. The summed E-state index contributed by atoms with van der Waals surface area (Å²) in [6.07, 6.45) is 2.05. The number of aromatic nitrogens is 2. The van der Waals surface area contributed by atoms with E-state index in [1.165, 1.54) is 0 Å². The molecule has 0 saturated carbocycles. The topological polar surface area (TPSA) is 82.7 Å². The van der Waals surface area contributed by atoms with Crippen LogP contribution in [-0.2, 0) is 18.4 Å². The highest BCUT2D eigenvalue weighted by molar-refractivity contribution is 5.77. The Labute approximate surface area is 94.2 Å². The van der Waals surface area contributed by atoms with Gasteiger partial charge < -0.3 is 10.6 Å². The Morgan fingerprint density at radius 2 is 2.50 bits per heavy atom. The van der Waals surface area contributed by atoms with Crippen LogP contribution in [0.15, 0.2) is 12.3 Å². The second-order valence-electron chi connectivity index (χ2n) is 3.31. The predicted molar refractivity (Wildman–Crippen MR) is 58.2 cm³/mol. The SMILES string of the molecule is Cn1nccc1CNCC(=O)NCCC#N. The molecule has 1 amide bonds. The van der Waals surface area contributed by atoms with E-state index < -0.39 is 0 Å². The number of nitriles is 1. The lowest BCUT2D eigenvalue weighted by molar-refractivity contribution is -0.120. The van der Waals surface area contributed by atoms with E-state index in [2.05, 4.69) is 15.7 Å². The van der Waals surface area contributed by atoms with E-state index in [0.29, 0.717) is 19.5 Å². The van der Waals surface area contributed by atoms with Crippen LogP contribution >= 0.6 is 0 Å². The van der Waals surface area contributed by atoms with Gasteiger partial charge in [0.15, 0.2) is 0 Å². The van der Waals surface area contributed by atoms with Gasteiger partial charge in [-0.25, -0.2) is 0 Å². The lowest BCUT2D eigenvalue weighted by Crippen LogP contribution is -2.34. The van der Waals surface area contributed by atoms with E-state index >= 15 is 0 Å². The third-order valence-electron chi connectivity index (χ3n) is 2.07. The summed E-state index contributed by atoms with van der Waals surface area (Å²) >= 11 is 0. The van der Waals surface area contributed by atoms with Crippen molar-refractivity contribution >= 4 is 5.91 Å². The molecular weight excluding hydrogens is 206 g/mol. The van der Waals surface area contributed by atoms with Crippen molar-refractivity contribution in [3.05, 3.63) is 18.0 Å². The molecule has 0 radical (unpaired) electrons. The Hall–Kier alpha value is -1.87. The smallest absolute Gasteiger partial charge is 0.234 e. The van der Waals surface area contributed by atoms with Crippen molar-refractivity contribution in [3.63, 3.8) is 0 Å². The minimum Gasteiger partial charge on any atom is -0.354 e. The van der Waals surface area contributed by atoms with E-state index in [9.17, 15) is 4.79 Å². The minimum absolute atomic E-state index is 0.0996. The average molecular weight is 221 g/mol. The van der Waals surface area contributed by atoms with Gasteiger partial charge in [0.25, 0.3) is 0 Å². The lowest BCUT2D eigenvalue weighted by Gasteiger charge is -2.05. The molecule has 0 aromatic carbocycles. The molecule has 1 heterocycles. The fourth-order valence-electron chi connectivity index (χ4n) is 1.20. The number of hydrogen-bond acceptors (Lipinski definition) is 4. The van der Waals surface area contributed by atoms with Gasteiger partial charge in [0.05, 0.1) is 24.7 Å². The number of carbonyl (C=O) groups excluding carboxylic acids is 1. The molecule has 0 saturated heterocycles. The van der Waals surface area contributed by atoms with Crippen molar-refractivity contribution < 1.29 is 4.79 Å². The summed E-state index contributed by atoms with van der Waals surface area (Å²) in [5.41, 5.74) is 1.02. The predicted octanol–water partition coefficient (Wildman–Crippen LogP) is -0.460. The van der Waals surface area contributed by atoms with Crippen LogP contribution in [0.4, 0.5) is 0 Å². The van der Waals surface area contributed by atoms with Crippen molar-refractivity contribution in [1.82, 2.24) is 20.4 Å². The van der Waals surface area contributed by atoms with Crippen LogP contribution < -0.4 is 10.6 Å². The summed E-state index contributed by atoms with van der Waals surface area (Å²) in [6, 6.07) is 3.85. The molecule has 6 heteroatoms. The van der Waals surface area contributed by atoms with Crippen LogP contribution in [-0.4, -0.2) is 28.8 Å². The van der Waals surface area contributed by atoms with Crippen LogP contribution in [0.25, 0.3) is 0 Å². The molecule has 86 valence electrons. The zero-order valence-electron chi connectivity index (χ0n) is 9.23. The van der Waals surface area contributed by atoms with Crippen molar-refractivity contribution in [1.29, 1.82) is 5.26 Å². The lowest BCUT2D eigenvalue weighted by atomic mass is 10.4. The van der Waals surface area contributed by atoms with Crippen molar-refractivity contribution in [2.45, 2.75) is 13.0 Å². The molecule has 2 N–H and O–H groups in total. The van der Waals surface area contributed by atoms with E-state index in [1.807, 2.05) is 19.2 Å². The molecule has 1 aromatic rings. The molecule has 1 rings (SSSR count). The van der Waals surface area contributed by atoms with E-state index in [4.69, 9.17) is 5.26 Å². The molecule has 0 bridgehead atoms. The highest BCUT2D eigenvalue weighted by Gasteiger charge is 2.01. The number of rotatable bonds is 6. The maximum atomic E-state index is 11.2. The van der Waals surface area contributed by atoms with Crippen LogP contribution in [0.3, 0.4) is 0 Å². The van der Waals surface area contributed by atoms with Gasteiger partial charge >= 0.3 is 0 Å². The summed E-state index contributed by atoms with van der Waals surface area (Å²) < 4.78 is 1.75. The van der Waals surface area contributed by atoms with E-state index in [1.54, 1.807) is 10.9 Å². The van der Waals surface area contributed by atoms with Crippen molar-refractivity contribution in [2.75, 3.05) is 13.1 Å². The normalized spacial score (nSPS) is 9.75. The Morgan fingerprint density at radius 1 is 1.69 bits per heavy atom. The zero-order chi connectivity index (χ0) is 11.8. The fraction of sp³-hybridized carbons (Fsp3) is 0.500. The molecule has 16 heavy (non-hydrogen) atoms. The van der Waals surface area contributed by atoms with Gasteiger partial charge in [-0.3, -0.25) is 9.48 Å². The first-order chi connectivity index (χ1) is 7.74. The molecule has 0 spiro atoms. The van der Waals surface area contributed by atoms with Gasteiger partial charge in [0.1, 0.15) is 0 Å². The standard InChI is InChI=1S/C10H15N5O/c1-15-9(3-6-14-15)7-12-8-10(16)13-5-2-4-11/h3,6,12H,2,5,7-8H2,1H3,(H,13,16). The molecule has 0 fully saturated rings. The monoisotopic (exact) mass is 221 g/mol. The summed E-state index contributed by atoms with van der Waals surface area (Å²) in [4.78, 5) is 11.2. The van der Waals surface area contributed by atoms with Gasteiger partial charge in [-0.05, 0) is 6.07 Å². The second kappa shape index (κ2) is 6.58. The van der Waals surface area contributed by atoms with Gasteiger partial charge in [-0.2, -0.15) is 10.4 Å². The summed E-state index contributed by atoms with van der Waals surface area (Å²) in [7, 11) is 1.85. The Morgan fingerprint density at radius 3 is 3.12 bits per heavy atom. The van der Waals surface area contributed by atoms with E-state index in [-0.39, 0.29) is 12.5 Å². The first-order valence-electron chi connectivity index (χ1n) is 5.05. The largest absolute Gasteiger partial charge is 0.354 e. The van der Waals surface area contributed by atoms with Crippen LogP contribution in [0.1, 0.15) is 12.1 Å². The average Bonchev–Trinajstić information content (AvgIpc) is 2.65. The number of carbonyl (C=O) groups is 1. The fourth-order valence-corrected chi connectivity index (χ4v) is 1.20. The summed E-state index contributed by atoms with van der Waals surface area (Å²) in [5, 5.41) is 17.9. The van der Waals surface area contributed by atoms with Crippen LogP contribution in [0.2, 0.25) is 0 Å². The van der Waals surface area contributed by atoms with Crippen LogP contribution in [0, 0.1) is 11.3 Å². The third-order valence-corrected chi connectivity index (χ3v) is 2.07. The highest BCUT2D eigenvalue weighted by Crippen LogP contribution is 1.93. The van der Waals surface area contributed by atoms with Crippen molar-refractivity contribution in [3.8, 4) is 6.07 Å². The number of nitrogens with zero attached hydrogens (tertiary/aromatic N) is 3. The first-order valence-corrected chi connectivity index (χ1v) is 5.05. The summed E-state index contributed by atoms with van der Waals surface area (Å²) in [5.74, 6) is -0.0996. The molecule has 0 atom stereocenters. The number of aryl methyl sites for hydroxylation is 1. The molecular formula is C10H15N5O.